The summed E-state index contributed by atoms with van der Waals surface area (Å²) in [6.45, 7) is 0. The van der Waals surface area contributed by atoms with Gasteiger partial charge in [-0.05, 0) is 12.1 Å². The summed E-state index contributed by atoms with van der Waals surface area (Å²) >= 11 is 17.6. The smallest absolute Gasteiger partial charge is 0.323 e. The van der Waals surface area contributed by atoms with Gasteiger partial charge in [0.05, 0.1) is 15.1 Å². The Bertz CT molecular complexity index is 640. The van der Waals surface area contributed by atoms with Crippen molar-refractivity contribution in [2.24, 2.45) is 0 Å². The molecule has 0 radical (unpaired) electrons. The van der Waals surface area contributed by atoms with Crippen LogP contribution in [0.25, 0.3) is 0 Å². The Hall–Kier alpha value is -1.54. The zero-order valence-corrected chi connectivity index (χ0v) is 11.0. The molecule has 1 aromatic carbocycles. The standard InChI is InChI=1S/C11H4Cl3N3O/c12-7-3-9(14)10(4-8(7)13)18-11-16-2-1-6(5-15)17-11/h1-4H. The van der Waals surface area contributed by atoms with Crippen molar-refractivity contribution in [2.75, 3.05) is 0 Å². The van der Waals surface area contributed by atoms with Crippen molar-refractivity contribution in [3.05, 3.63) is 45.2 Å². The first-order chi connectivity index (χ1) is 8.60. The molecule has 0 spiro atoms. The van der Waals surface area contributed by atoms with E-state index in [1.54, 1.807) is 0 Å². The molecule has 7 heteroatoms. The van der Waals surface area contributed by atoms with Gasteiger partial charge in [-0.2, -0.15) is 10.2 Å². The maximum Gasteiger partial charge on any atom is 0.323 e. The quantitative estimate of drug-likeness (QED) is 0.783. The maximum atomic E-state index is 8.70. The number of aromatic nitrogens is 2. The third-order valence-corrected chi connectivity index (χ3v) is 2.94. The van der Waals surface area contributed by atoms with E-state index >= 15 is 0 Å². The lowest BCUT2D eigenvalue weighted by molar-refractivity contribution is 0.441. The summed E-state index contributed by atoms with van der Waals surface area (Å²) < 4.78 is 5.34. The normalized spacial score (nSPS) is 9.89. The molecular weight excluding hydrogens is 296 g/mol. The van der Waals surface area contributed by atoms with Crippen LogP contribution >= 0.6 is 34.8 Å². The van der Waals surface area contributed by atoms with Crippen molar-refractivity contribution in [1.82, 2.24) is 9.97 Å². The van der Waals surface area contributed by atoms with E-state index in [4.69, 9.17) is 44.8 Å². The Balaban J connectivity index is 2.34. The molecule has 0 aliphatic heterocycles. The second-order valence-corrected chi connectivity index (χ2v) is 4.36. The van der Waals surface area contributed by atoms with Crippen LogP contribution in [-0.4, -0.2) is 9.97 Å². The summed E-state index contributed by atoms with van der Waals surface area (Å²) in [7, 11) is 0. The zero-order chi connectivity index (χ0) is 13.1. The Kier molecular flexibility index (Phi) is 3.87. The molecule has 0 amide bonds. The predicted octanol–water partition coefficient (Wildman–Crippen LogP) is 4.10. The highest BCUT2D eigenvalue weighted by Gasteiger charge is 2.09. The van der Waals surface area contributed by atoms with Gasteiger partial charge in [0.1, 0.15) is 11.8 Å². The molecule has 1 aromatic heterocycles. The molecule has 1 heterocycles. The first kappa shape index (κ1) is 12.9. The Labute approximate surface area is 118 Å². The van der Waals surface area contributed by atoms with E-state index in [9.17, 15) is 0 Å². The largest absolute Gasteiger partial charge is 0.423 e. The molecule has 18 heavy (non-hydrogen) atoms. The van der Waals surface area contributed by atoms with Crippen LogP contribution < -0.4 is 4.74 Å². The van der Waals surface area contributed by atoms with E-state index in [-0.39, 0.29) is 22.5 Å². The van der Waals surface area contributed by atoms with Gasteiger partial charge >= 0.3 is 6.01 Å². The second kappa shape index (κ2) is 5.40. The lowest BCUT2D eigenvalue weighted by atomic mass is 10.3. The van der Waals surface area contributed by atoms with Gasteiger partial charge in [0.25, 0.3) is 0 Å². The van der Waals surface area contributed by atoms with Crippen LogP contribution in [0, 0.1) is 11.3 Å². The Morgan fingerprint density at radius 1 is 1.11 bits per heavy atom. The minimum Gasteiger partial charge on any atom is -0.423 e. The highest BCUT2D eigenvalue weighted by Crippen LogP contribution is 2.35. The molecule has 0 N–H and O–H groups in total. The SMILES string of the molecule is N#Cc1ccnc(Oc2cc(Cl)c(Cl)cc2Cl)n1. The Morgan fingerprint density at radius 3 is 2.56 bits per heavy atom. The van der Waals surface area contributed by atoms with E-state index in [1.807, 2.05) is 6.07 Å². The topological polar surface area (TPSA) is 58.8 Å². The molecule has 4 nitrogen and oxygen atoms in total. The van der Waals surface area contributed by atoms with Gasteiger partial charge in [0.2, 0.25) is 0 Å². The van der Waals surface area contributed by atoms with Crippen LogP contribution in [0.2, 0.25) is 15.1 Å². The minimum atomic E-state index is 0.00865. The van der Waals surface area contributed by atoms with E-state index < -0.39 is 0 Å². The van der Waals surface area contributed by atoms with Crippen molar-refractivity contribution >= 4 is 34.8 Å². The number of benzene rings is 1. The summed E-state index contributed by atoms with van der Waals surface area (Å²) in [5.74, 6) is 0.265. The van der Waals surface area contributed by atoms with Crippen LogP contribution in [-0.2, 0) is 0 Å². The van der Waals surface area contributed by atoms with Crippen molar-refractivity contribution in [3.8, 4) is 17.8 Å². The average Bonchev–Trinajstić information content (AvgIpc) is 2.36. The third kappa shape index (κ3) is 2.82. The van der Waals surface area contributed by atoms with Crippen LogP contribution in [0.3, 0.4) is 0 Å². The second-order valence-electron chi connectivity index (χ2n) is 3.14. The van der Waals surface area contributed by atoms with Crippen molar-refractivity contribution in [3.63, 3.8) is 0 Å². The molecule has 0 atom stereocenters. The average molecular weight is 301 g/mol. The summed E-state index contributed by atoms with van der Waals surface area (Å²) in [6.07, 6.45) is 1.41. The fraction of sp³-hybridized carbons (Fsp3) is 0. The molecule has 0 aliphatic carbocycles. The highest BCUT2D eigenvalue weighted by atomic mass is 35.5. The number of halogens is 3. The third-order valence-electron chi connectivity index (χ3n) is 1.92. The summed E-state index contributed by atoms with van der Waals surface area (Å²) in [5, 5.41) is 9.59. The first-order valence-electron chi connectivity index (χ1n) is 4.65. The zero-order valence-electron chi connectivity index (χ0n) is 8.69. The summed E-state index contributed by atoms with van der Waals surface area (Å²) in [4.78, 5) is 7.71. The van der Waals surface area contributed by atoms with Gasteiger partial charge in [-0.1, -0.05) is 34.8 Å². The molecule has 90 valence electrons. The van der Waals surface area contributed by atoms with Gasteiger partial charge in [-0.3, -0.25) is 0 Å². The fourth-order valence-electron chi connectivity index (χ4n) is 1.13. The molecule has 2 aromatic rings. The van der Waals surface area contributed by atoms with Crippen molar-refractivity contribution in [1.29, 1.82) is 5.26 Å². The molecular formula is C11H4Cl3N3O. The van der Waals surface area contributed by atoms with E-state index in [2.05, 4.69) is 9.97 Å². The van der Waals surface area contributed by atoms with Crippen molar-refractivity contribution < 1.29 is 4.74 Å². The first-order valence-corrected chi connectivity index (χ1v) is 5.79. The maximum absolute atomic E-state index is 8.70. The monoisotopic (exact) mass is 299 g/mol. The minimum absolute atomic E-state index is 0.00865. The van der Waals surface area contributed by atoms with Crippen LogP contribution in [0.15, 0.2) is 24.4 Å². The number of hydrogen-bond acceptors (Lipinski definition) is 4. The molecule has 0 saturated heterocycles. The van der Waals surface area contributed by atoms with Gasteiger partial charge < -0.3 is 4.74 Å². The van der Waals surface area contributed by atoms with E-state index in [0.29, 0.717) is 10.0 Å². The molecule has 0 aliphatic rings. The van der Waals surface area contributed by atoms with Crippen LogP contribution in [0.4, 0.5) is 0 Å². The van der Waals surface area contributed by atoms with Gasteiger partial charge in [0.15, 0.2) is 5.75 Å². The van der Waals surface area contributed by atoms with Crippen LogP contribution in [0.1, 0.15) is 5.69 Å². The number of nitriles is 1. The molecule has 0 saturated carbocycles. The number of hydrogen-bond donors (Lipinski definition) is 0. The highest BCUT2D eigenvalue weighted by molar-refractivity contribution is 6.43. The molecule has 0 unspecified atom stereocenters. The van der Waals surface area contributed by atoms with E-state index in [0.717, 1.165) is 0 Å². The fourth-order valence-corrected chi connectivity index (χ4v) is 1.71. The summed E-state index contributed by atoms with van der Waals surface area (Å²) in [5.41, 5.74) is 0.191. The molecule has 0 bridgehead atoms. The predicted molar refractivity (Wildman–Crippen MR) is 68.3 cm³/mol. The van der Waals surface area contributed by atoms with Crippen molar-refractivity contribution in [2.45, 2.75) is 0 Å². The Morgan fingerprint density at radius 2 is 1.83 bits per heavy atom. The van der Waals surface area contributed by atoms with Crippen LogP contribution in [0.5, 0.6) is 11.8 Å². The summed E-state index contributed by atoms with van der Waals surface area (Å²) in [6, 6.07) is 6.25. The van der Waals surface area contributed by atoms with E-state index in [1.165, 1.54) is 24.4 Å². The number of rotatable bonds is 2. The van der Waals surface area contributed by atoms with Gasteiger partial charge in [-0.25, -0.2) is 4.98 Å². The molecule has 0 fully saturated rings. The lowest BCUT2D eigenvalue weighted by Gasteiger charge is -2.07. The lowest BCUT2D eigenvalue weighted by Crippen LogP contribution is -1.94. The van der Waals surface area contributed by atoms with Gasteiger partial charge in [-0.15, -0.1) is 0 Å². The number of ether oxygens (including phenoxy) is 1. The number of nitrogens with zero attached hydrogens (tertiary/aromatic N) is 3. The van der Waals surface area contributed by atoms with Gasteiger partial charge in [0, 0.05) is 12.3 Å². The molecule has 2 rings (SSSR count).